The molecule has 0 amide bonds. The van der Waals surface area contributed by atoms with Crippen molar-refractivity contribution in [1.82, 2.24) is 10.7 Å². The Balaban J connectivity index is 1.96. The fourth-order valence-electron chi connectivity index (χ4n) is 3.64. The topological polar surface area (TPSA) is 223 Å². The Kier molecular flexibility index (Phi) is 11.0. The predicted molar refractivity (Wildman–Crippen MR) is 162 cm³/mol. The number of fused-ring (bicyclic) bond motifs is 1. The van der Waals surface area contributed by atoms with Crippen molar-refractivity contribution in [1.29, 1.82) is 0 Å². The van der Waals surface area contributed by atoms with Gasteiger partial charge < -0.3 is 4.18 Å². The monoisotopic (exact) mass is 806 g/mol. The summed E-state index contributed by atoms with van der Waals surface area (Å²) in [6.07, 6.45) is 0.485. The normalized spacial score (nSPS) is 13.6. The Bertz CT molecular complexity index is 2450. The predicted octanol–water partition coefficient (Wildman–Crippen LogP) is 3.05. The second kappa shape index (κ2) is 14.1. The number of nitrogens with zero attached hydrogens (tertiary/aromatic N) is 2. The molecule has 0 unspecified atom stereocenters. The molecule has 0 N–H and O–H groups in total. The van der Waals surface area contributed by atoms with E-state index >= 15 is 0 Å². The third kappa shape index (κ3) is 9.31. The zero-order valence-electron chi connectivity index (χ0n) is 24.9. The Hall–Kier alpha value is -3.76. The van der Waals surface area contributed by atoms with Gasteiger partial charge in [0.25, 0.3) is 0 Å². The van der Waals surface area contributed by atoms with E-state index in [9.17, 15) is 55.3 Å². The highest BCUT2D eigenvalue weighted by Gasteiger charge is 2.52. The number of hydrogen-bond acceptors (Lipinski definition) is 17. The summed E-state index contributed by atoms with van der Waals surface area (Å²) in [5.41, 5.74) is -5.94. The molecular weight excluding hydrogens is 786 g/mol. The van der Waals surface area contributed by atoms with Crippen molar-refractivity contribution in [3.05, 3.63) is 96.6 Å². The third-order valence-electron chi connectivity index (χ3n) is 5.74. The summed E-state index contributed by atoms with van der Waals surface area (Å²) in [7, 11) is -28.7. The molecule has 25 heteroatoms. The lowest BCUT2D eigenvalue weighted by Crippen LogP contribution is -2.48. The van der Waals surface area contributed by atoms with Crippen LogP contribution in [0.4, 0.5) is 13.2 Å². The smallest absolute Gasteiger partial charge is 0.381 e. The second-order valence-corrected chi connectivity index (χ2v) is 17.2. The number of benzene rings is 4. The van der Waals surface area contributed by atoms with Crippen LogP contribution in [-0.2, 0) is 67.7 Å². The SMILES string of the molecule is Cc1ccc(S(=O)(=O)ON(OS(=O)(=O)c2ccccc2)N(OS(=O)(=O)c2c(OS(C)(=O)=O)ccc3ccccc23)OS(=O)(=O)C(F)(F)F)cc1. The third-order valence-corrected chi connectivity index (χ3v) is 10.7. The summed E-state index contributed by atoms with van der Waals surface area (Å²) in [5.74, 6) is -1.07. The van der Waals surface area contributed by atoms with Gasteiger partial charge in [0.1, 0.15) is 4.90 Å². The van der Waals surface area contributed by atoms with E-state index < -0.39 is 92.6 Å². The highest BCUT2D eigenvalue weighted by atomic mass is 32.2. The van der Waals surface area contributed by atoms with Gasteiger partial charge in [-0.3, -0.25) is 0 Å². The summed E-state index contributed by atoms with van der Waals surface area (Å²) < 4.78 is 191. The van der Waals surface area contributed by atoms with Crippen LogP contribution in [0, 0.1) is 6.92 Å². The molecule has 0 radical (unpaired) electrons. The molecule has 0 heterocycles. The number of aryl methyl sites for hydroxylation is 1. The van der Waals surface area contributed by atoms with E-state index in [-0.39, 0.29) is 5.39 Å². The van der Waals surface area contributed by atoms with Gasteiger partial charge in [0.2, 0.25) is 0 Å². The largest absolute Gasteiger partial charge is 0.524 e. The first-order valence-electron chi connectivity index (χ1n) is 12.9. The van der Waals surface area contributed by atoms with Gasteiger partial charge >= 0.3 is 56.1 Å². The lowest BCUT2D eigenvalue weighted by atomic mass is 10.1. The minimum Gasteiger partial charge on any atom is -0.381 e. The van der Waals surface area contributed by atoms with Gasteiger partial charge in [-0.05, 0) is 42.6 Å². The minimum atomic E-state index is -7.11. The molecule has 0 atom stereocenters. The second-order valence-electron chi connectivity index (χ2n) is 9.56. The van der Waals surface area contributed by atoms with Gasteiger partial charge in [-0.15, -0.1) is 17.1 Å². The molecular formula is C25H21F3N2O15S5. The molecule has 0 aliphatic carbocycles. The van der Waals surface area contributed by atoms with E-state index in [0.717, 1.165) is 54.6 Å². The summed E-state index contributed by atoms with van der Waals surface area (Å²) >= 11 is 0. The van der Waals surface area contributed by atoms with Crippen molar-refractivity contribution < 1.29 is 76.6 Å². The first-order valence-corrected chi connectivity index (χ1v) is 20.3. The molecule has 0 spiro atoms. The molecule has 4 aromatic carbocycles. The van der Waals surface area contributed by atoms with E-state index in [2.05, 4.69) is 17.1 Å². The van der Waals surface area contributed by atoms with Crippen LogP contribution < -0.4 is 4.18 Å². The van der Waals surface area contributed by atoms with Crippen LogP contribution in [0.25, 0.3) is 10.8 Å². The zero-order chi connectivity index (χ0) is 37.3. The quantitative estimate of drug-likeness (QED) is 0.101. The Morgan fingerprint density at radius 3 is 1.58 bits per heavy atom. The molecule has 4 aromatic rings. The summed E-state index contributed by atoms with van der Waals surface area (Å²) in [5, 5.41) is -3.24. The molecule has 0 fully saturated rings. The van der Waals surface area contributed by atoms with Crippen LogP contribution in [0.5, 0.6) is 5.75 Å². The number of hydrogen-bond donors (Lipinski definition) is 0. The first-order chi connectivity index (χ1) is 22.9. The van der Waals surface area contributed by atoms with E-state index in [1.165, 1.54) is 43.3 Å². The average Bonchev–Trinajstić information content (AvgIpc) is 2.99. The lowest BCUT2D eigenvalue weighted by Gasteiger charge is -2.27. The Morgan fingerprint density at radius 2 is 1.04 bits per heavy atom. The van der Waals surface area contributed by atoms with Crippen LogP contribution in [0.2, 0.25) is 0 Å². The van der Waals surface area contributed by atoms with Crippen LogP contribution in [0.3, 0.4) is 0 Å². The number of alkyl halides is 3. The average molecular weight is 807 g/mol. The maximum absolute atomic E-state index is 13.8. The minimum absolute atomic E-state index is 0.00358. The number of hydrazine groups is 1. The van der Waals surface area contributed by atoms with Crippen LogP contribution >= 0.6 is 0 Å². The highest BCUT2D eigenvalue weighted by Crippen LogP contribution is 2.36. The molecule has 0 bridgehead atoms. The van der Waals surface area contributed by atoms with Crippen molar-refractivity contribution in [2.24, 2.45) is 0 Å². The van der Waals surface area contributed by atoms with Crippen LogP contribution in [0.1, 0.15) is 5.56 Å². The number of rotatable bonds is 14. The van der Waals surface area contributed by atoms with E-state index in [4.69, 9.17) is 4.18 Å². The van der Waals surface area contributed by atoms with Gasteiger partial charge in [0.05, 0.1) is 26.7 Å². The Morgan fingerprint density at radius 1 is 0.560 bits per heavy atom. The zero-order valence-corrected chi connectivity index (χ0v) is 28.9. The van der Waals surface area contributed by atoms with Crippen molar-refractivity contribution in [3.63, 3.8) is 0 Å². The molecule has 0 aliphatic rings. The van der Waals surface area contributed by atoms with Crippen molar-refractivity contribution in [3.8, 4) is 5.75 Å². The van der Waals surface area contributed by atoms with Crippen molar-refractivity contribution >= 4 is 61.4 Å². The van der Waals surface area contributed by atoms with E-state index in [0.29, 0.717) is 11.8 Å². The van der Waals surface area contributed by atoms with Crippen LogP contribution in [0.15, 0.2) is 106 Å². The molecule has 0 aliphatic heterocycles. The fourth-order valence-corrected chi connectivity index (χ4v) is 7.35. The summed E-state index contributed by atoms with van der Waals surface area (Å²) in [6, 6.07) is 16.1. The molecule has 0 saturated carbocycles. The molecule has 17 nitrogen and oxygen atoms in total. The van der Waals surface area contributed by atoms with Crippen molar-refractivity contribution in [2.45, 2.75) is 27.1 Å². The highest BCUT2D eigenvalue weighted by molar-refractivity contribution is 7.88. The maximum Gasteiger partial charge on any atom is 0.524 e. The standard InChI is InChI=1S/C25H21F3N2O15S5/c1-18-12-15-21(16-13-18)48(35,36)43-29(42-47(33,34)20-9-4-3-5-10-20)30(45-50(39,40)25(26,27)28)44-49(37,38)24-22-11-7-6-8-19(22)14-17-23(24)41-46(2,31)32/h3-17H,1-2H3. The van der Waals surface area contributed by atoms with E-state index in [1.54, 1.807) is 0 Å². The lowest BCUT2D eigenvalue weighted by molar-refractivity contribution is -0.527. The van der Waals surface area contributed by atoms with E-state index in [1.807, 2.05) is 0 Å². The van der Waals surface area contributed by atoms with Gasteiger partial charge in [0, 0.05) is 5.39 Å². The number of halogens is 3. The Labute approximate surface area is 283 Å². The van der Waals surface area contributed by atoms with Gasteiger partial charge in [-0.2, -0.15) is 55.3 Å². The fraction of sp³-hybridized carbons (Fsp3) is 0.120. The first kappa shape index (κ1) is 39.0. The summed E-state index contributed by atoms with van der Waals surface area (Å²) in [4.78, 5) is -3.03. The molecule has 50 heavy (non-hydrogen) atoms. The molecule has 4 rings (SSSR count). The maximum atomic E-state index is 13.8. The van der Waals surface area contributed by atoms with Gasteiger partial charge in [-0.25, -0.2) is 0 Å². The molecule has 0 saturated heterocycles. The van der Waals surface area contributed by atoms with Gasteiger partial charge in [0.15, 0.2) is 5.75 Å². The van der Waals surface area contributed by atoms with Gasteiger partial charge in [-0.1, -0.05) is 66.2 Å². The van der Waals surface area contributed by atoms with Crippen LogP contribution in [-0.4, -0.2) is 64.5 Å². The van der Waals surface area contributed by atoms with Crippen molar-refractivity contribution in [2.75, 3.05) is 6.26 Å². The molecule has 0 aromatic heterocycles. The molecule has 272 valence electrons. The summed E-state index contributed by atoms with van der Waals surface area (Å²) in [6.45, 7) is 1.52.